The lowest BCUT2D eigenvalue weighted by atomic mass is 10.0. The Hall–Kier alpha value is -2.31. The highest BCUT2D eigenvalue weighted by molar-refractivity contribution is 6.53. The Kier molecular flexibility index (Phi) is 5.36. The molecule has 2 rings (SSSR count). The third kappa shape index (κ3) is 3.84. The molecule has 0 aliphatic rings. The predicted octanol–water partition coefficient (Wildman–Crippen LogP) is 4.50. The standard InChI is InChI=1S/C17H15ClN2O/c1-2-10-21-15-5-3-4-14(11-15)17(18)16(12-19)13-6-8-20-9-7-13/h3-9,11H,2,10H2,1H3/b17-16+. The number of halogens is 1. The van der Waals surface area contributed by atoms with Gasteiger partial charge in [0, 0.05) is 12.4 Å². The van der Waals surface area contributed by atoms with E-state index in [4.69, 9.17) is 16.3 Å². The van der Waals surface area contributed by atoms with Crippen LogP contribution in [0, 0.1) is 11.3 Å². The van der Waals surface area contributed by atoms with E-state index in [0.29, 0.717) is 17.2 Å². The molecule has 3 nitrogen and oxygen atoms in total. The third-order valence-electron chi connectivity index (χ3n) is 2.86. The number of ether oxygens (including phenoxy) is 1. The van der Waals surface area contributed by atoms with Gasteiger partial charge in [-0.2, -0.15) is 5.26 Å². The lowest BCUT2D eigenvalue weighted by Crippen LogP contribution is -1.95. The van der Waals surface area contributed by atoms with Crippen molar-refractivity contribution in [3.05, 3.63) is 59.9 Å². The summed E-state index contributed by atoms with van der Waals surface area (Å²) in [5.74, 6) is 0.750. The van der Waals surface area contributed by atoms with Crippen LogP contribution in [-0.4, -0.2) is 11.6 Å². The number of hydrogen-bond donors (Lipinski definition) is 0. The Balaban J connectivity index is 2.39. The number of aromatic nitrogens is 1. The summed E-state index contributed by atoms with van der Waals surface area (Å²) in [6.07, 6.45) is 4.21. The lowest BCUT2D eigenvalue weighted by molar-refractivity contribution is 0.317. The topological polar surface area (TPSA) is 45.9 Å². The van der Waals surface area contributed by atoms with Crippen molar-refractivity contribution < 1.29 is 4.74 Å². The Labute approximate surface area is 129 Å². The van der Waals surface area contributed by atoms with Gasteiger partial charge in [0.05, 0.1) is 17.2 Å². The second kappa shape index (κ2) is 7.47. The number of benzene rings is 1. The van der Waals surface area contributed by atoms with Crippen molar-refractivity contribution in [2.75, 3.05) is 6.61 Å². The molecule has 0 aliphatic carbocycles. The monoisotopic (exact) mass is 298 g/mol. The van der Waals surface area contributed by atoms with E-state index in [9.17, 15) is 5.26 Å². The third-order valence-corrected chi connectivity index (χ3v) is 3.27. The molecule has 4 heteroatoms. The van der Waals surface area contributed by atoms with Gasteiger partial charge in [0.1, 0.15) is 11.8 Å². The molecule has 0 N–H and O–H groups in total. The molecular formula is C17H15ClN2O. The van der Waals surface area contributed by atoms with Crippen molar-refractivity contribution in [3.8, 4) is 11.8 Å². The smallest absolute Gasteiger partial charge is 0.119 e. The molecule has 2 aromatic rings. The van der Waals surface area contributed by atoms with E-state index in [2.05, 4.69) is 11.1 Å². The first-order chi connectivity index (χ1) is 10.3. The Morgan fingerprint density at radius 2 is 2.00 bits per heavy atom. The van der Waals surface area contributed by atoms with Crippen LogP contribution in [0.5, 0.6) is 5.75 Å². The van der Waals surface area contributed by atoms with Gasteiger partial charge >= 0.3 is 0 Å². The molecule has 0 saturated heterocycles. The molecule has 0 fully saturated rings. The molecule has 0 spiro atoms. The normalized spacial score (nSPS) is 11.5. The molecule has 21 heavy (non-hydrogen) atoms. The average molecular weight is 299 g/mol. The van der Waals surface area contributed by atoms with E-state index in [1.807, 2.05) is 31.2 Å². The summed E-state index contributed by atoms with van der Waals surface area (Å²) in [6.45, 7) is 2.70. The zero-order chi connectivity index (χ0) is 15.1. The van der Waals surface area contributed by atoms with Crippen LogP contribution in [0.25, 0.3) is 10.6 Å². The number of nitriles is 1. The molecule has 0 saturated carbocycles. The Bertz CT molecular complexity index is 675. The highest BCUT2D eigenvalue weighted by Gasteiger charge is 2.10. The van der Waals surface area contributed by atoms with Crippen molar-refractivity contribution >= 4 is 22.2 Å². The van der Waals surface area contributed by atoms with E-state index in [0.717, 1.165) is 23.3 Å². The number of nitrogens with zero attached hydrogens (tertiary/aromatic N) is 2. The van der Waals surface area contributed by atoms with Crippen molar-refractivity contribution in [2.45, 2.75) is 13.3 Å². The van der Waals surface area contributed by atoms with Gasteiger partial charge in [-0.25, -0.2) is 0 Å². The van der Waals surface area contributed by atoms with E-state index in [1.165, 1.54) is 0 Å². The summed E-state index contributed by atoms with van der Waals surface area (Å²) in [4.78, 5) is 3.95. The highest BCUT2D eigenvalue weighted by Crippen LogP contribution is 2.30. The Morgan fingerprint density at radius 3 is 2.67 bits per heavy atom. The van der Waals surface area contributed by atoms with Gasteiger partial charge in [-0.1, -0.05) is 30.7 Å². The fraction of sp³-hybridized carbons (Fsp3) is 0.176. The summed E-state index contributed by atoms with van der Waals surface area (Å²) in [5, 5.41) is 9.79. The molecule has 0 bridgehead atoms. The summed E-state index contributed by atoms with van der Waals surface area (Å²) in [5.41, 5.74) is 1.93. The van der Waals surface area contributed by atoms with Crippen LogP contribution in [0.2, 0.25) is 0 Å². The number of hydrogen-bond acceptors (Lipinski definition) is 3. The molecule has 0 atom stereocenters. The summed E-state index contributed by atoms with van der Waals surface area (Å²) >= 11 is 6.39. The first-order valence-corrected chi connectivity index (χ1v) is 7.07. The lowest BCUT2D eigenvalue weighted by Gasteiger charge is -2.08. The van der Waals surface area contributed by atoms with Gasteiger partial charge in [0.25, 0.3) is 0 Å². The number of rotatable bonds is 5. The van der Waals surface area contributed by atoms with Crippen molar-refractivity contribution in [2.24, 2.45) is 0 Å². The minimum Gasteiger partial charge on any atom is -0.494 e. The van der Waals surface area contributed by atoms with Crippen LogP contribution < -0.4 is 4.74 Å². The molecule has 0 aliphatic heterocycles. The van der Waals surface area contributed by atoms with Gasteiger partial charge in [0.2, 0.25) is 0 Å². The van der Waals surface area contributed by atoms with Gasteiger partial charge < -0.3 is 4.74 Å². The summed E-state index contributed by atoms with van der Waals surface area (Å²) < 4.78 is 5.59. The van der Waals surface area contributed by atoms with Crippen molar-refractivity contribution in [3.63, 3.8) is 0 Å². The van der Waals surface area contributed by atoms with Crippen molar-refractivity contribution in [1.82, 2.24) is 4.98 Å². The molecule has 0 radical (unpaired) electrons. The fourth-order valence-corrected chi connectivity index (χ4v) is 2.11. The minimum absolute atomic E-state index is 0.408. The molecule has 1 aromatic heterocycles. The maximum absolute atomic E-state index is 9.38. The molecule has 1 aromatic carbocycles. The summed E-state index contributed by atoms with van der Waals surface area (Å²) in [7, 11) is 0. The van der Waals surface area contributed by atoms with Gasteiger partial charge in [0.15, 0.2) is 0 Å². The maximum atomic E-state index is 9.38. The zero-order valence-electron chi connectivity index (χ0n) is 11.7. The van der Waals surface area contributed by atoms with Gasteiger partial charge in [-0.15, -0.1) is 0 Å². The quantitative estimate of drug-likeness (QED) is 0.763. The Morgan fingerprint density at radius 1 is 1.24 bits per heavy atom. The molecule has 0 unspecified atom stereocenters. The van der Waals surface area contributed by atoms with Crippen LogP contribution in [0.1, 0.15) is 24.5 Å². The van der Waals surface area contributed by atoms with E-state index in [1.54, 1.807) is 24.5 Å². The van der Waals surface area contributed by atoms with Crippen LogP contribution in [-0.2, 0) is 0 Å². The molecular weight excluding hydrogens is 284 g/mol. The first kappa shape index (κ1) is 15.1. The second-order valence-corrected chi connectivity index (χ2v) is 4.79. The molecule has 1 heterocycles. The second-order valence-electron chi connectivity index (χ2n) is 4.41. The van der Waals surface area contributed by atoms with Gasteiger partial charge in [-0.05, 0) is 41.8 Å². The molecule has 0 amide bonds. The summed E-state index contributed by atoms with van der Waals surface area (Å²) in [6, 6.07) is 13.1. The van der Waals surface area contributed by atoms with Crippen molar-refractivity contribution in [1.29, 1.82) is 5.26 Å². The SMILES string of the molecule is CCCOc1cccc(/C(Cl)=C(/C#N)c2ccncc2)c1. The largest absolute Gasteiger partial charge is 0.494 e. The van der Waals surface area contributed by atoms with Gasteiger partial charge in [-0.3, -0.25) is 4.98 Å². The average Bonchev–Trinajstić information content (AvgIpc) is 2.55. The van der Waals surface area contributed by atoms with Crippen LogP contribution in [0.4, 0.5) is 0 Å². The molecule has 106 valence electrons. The number of allylic oxidation sites excluding steroid dienone is 1. The minimum atomic E-state index is 0.408. The fourth-order valence-electron chi connectivity index (χ4n) is 1.85. The van der Waals surface area contributed by atoms with E-state index in [-0.39, 0.29) is 0 Å². The highest BCUT2D eigenvalue weighted by atomic mass is 35.5. The van der Waals surface area contributed by atoms with E-state index < -0.39 is 0 Å². The number of pyridine rings is 1. The predicted molar refractivity (Wildman–Crippen MR) is 84.7 cm³/mol. The van der Waals surface area contributed by atoms with E-state index >= 15 is 0 Å². The van der Waals surface area contributed by atoms with Crippen LogP contribution >= 0.6 is 11.6 Å². The maximum Gasteiger partial charge on any atom is 0.119 e. The first-order valence-electron chi connectivity index (χ1n) is 6.69. The van der Waals surface area contributed by atoms with Crippen LogP contribution in [0.3, 0.4) is 0 Å². The van der Waals surface area contributed by atoms with Crippen LogP contribution in [0.15, 0.2) is 48.8 Å². The zero-order valence-corrected chi connectivity index (χ0v) is 12.5.